The third-order valence-electron chi connectivity index (χ3n) is 5.38. The average molecular weight is 388 g/mol. The molecule has 7 nitrogen and oxygen atoms in total. The molecule has 2 atom stereocenters. The van der Waals surface area contributed by atoms with Gasteiger partial charge in [0.2, 0.25) is 5.91 Å². The van der Waals surface area contributed by atoms with Crippen molar-refractivity contribution in [1.29, 1.82) is 0 Å². The van der Waals surface area contributed by atoms with Gasteiger partial charge in [-0.2, -0.15) is 4.98 Å². The number of anilines is 1. The molecular weight excluding hydrogens is 363 g/mol. The Morgan fingerprint density at radius 2 is 2.25 bits per heavy atom. The largest absolute Gasteiger partial charge is 0.376 e. The molecular formula is C20H25FN4O3. The fourth-order valence-electron chi connectivity index (χ4n) is 3.88. The van der Waals surface area contributed by atoms with E-state index in [1.165, 1.54) is 6.07 Å². The lowest BCUT2D eigenvalue weighted by molar-refractivity contribution is -0.125. The zero-order valence-corrected chi connectivity index (χ0v) is 16.0. The van der Waals surface area contributed by atoms with Crippen molar-refractivity contribution >= 4 is 11.6 Å². The van der Waals surface area contributed by atoms with Gasteiger partial charge in [0.1, 0.15) is 5.82 Å². The highest BCUT2D eigenvalue weighted by atomic mass is 19.1. The Hall–Kier alpha value is -2.48. The van der Waals surface area contributed by atoms with E-state index in [9.17, 15) is 9.18 Å². The van der Waals surface area contributed by atoms with Gasteiger partial charge in [-0.05, 0) is 50.8 Å². The van der Waals surface area contributed by atoms with E-state index in [2.05, 4.69) is 15.5 Å². The Morgan fingerprint density at radius 3 is 2.96 bits per heavy atom. The number of rotatable bonds is 5. The van der Waals surface area contributed by atoms with Crippen molar-refractivity contribution in [3.8, 4) is 11.5 Å². The first-order valence-electron chi connectivity index (χ1n) is 9.84. The maximum atomic E-state index is 14.8. The van der Waals surface area contributed by atoms with E-state index in [0.717, 1.165) is 38.8 Å². The van der Waals surface area contributed by atoms with Crippen molar-refractivity contribution in [1.82, 2.24) is 15.5 Å². The highest BCUT2D eigenvalue weighted by Crippen LogP contribution is 2.29. The van der Waals surface area contributed by atoms with Crippen LogP contribution in [-0.4, -0.2) is 48.4 Å². The van der Waals surface area contributed by atoms with Crippen LogP contribution in [0.5, 0.6) is 0 Å². The Balaban J connectivity index is 1.40. The van der Waals surface area contributed by atoms with Crippen LogP contribution in [0, 0.1) is 18.7 Å². The number of ether oxygens (including phenoxy) is 1. The van der Waals surface area contributed by atoms with Crippen molar-refractivity contribution in [2.45, 2.75) is 38.7 Å². The third-order valence-corrected chi connectivity index (χ3v) is 5.38. The van der Waals surface area contributed by atoms with Gasteiger partial charge in [0, 0.05) is 31.8 Å². The summed E-state index contributed by atoms with van der Waals surface area (Å²) in [6.07, 6.45) is 3.84. The second-order valence-electron chi connectivity index (χ2n) is 7.48. The van der Waals surface area contributed by atoms with Crippen LogP contribution in [0.1, 0.15) is 31.5 Å². The molecule has 150 valence electrons. The van der Waals surface area contributed by atoms with Gasteiger partial charge in [0.25, 0.3) is 5.89 Å². The molecule has 0 spiro atoms. The predicted molar refractivity (Wildman–Crippen MR) is 101 cm³/mol. The van der Waals surface area contributed by atoms with Crippen LogP contribution in [0.4, 0.5) is 10.1 Å². The molecule has 2 aromatic rings. The quantitative estimate of drug-likeness (QED) is 0.848. The number of aromatic nitrogens is 2. The number of halogens is 1. The molecule has 1 amide bonds. The predicted octanol–water partition coefficient (Wildman–Crippen LogP) is 2.70. The second-order valence-corrected chi connectivity index (χ2v) is 7.48. The highest BCUT2D eigenvalue weighted by molar-refractivity contribution is 5.79. The maximum Gasteiger partial charge on any atom is 0.258 e. The lowest BCUT2D eigenvalue weighted by Crippen LogP contribution is -2.44. The molecule has 4 rings (SSSR count). The second kappa shape index (κ2) is 8.26. The summed E-state index contributed by atoms with van der Waals surface area (Å²) < 4.78 is 25.4. The zero-order valence-electron chi connectivity index (χ0n) is 16.0. The van der Waals surface area contributed by atoms with Crippen LogP contribution >= 0.6 is 0 Å². The molecule has 0 aliphatic carbocycles. The van der Waals surface area contributed by atoms with Crippen molar-refractivity contribution in [3.63, 3.8) is 0 Å². The van der Waals surface area contributed by atoms with Gasteiger partial charge < -0.3 is 19.5 Å². The number of nitrogens with one attached hydrogen (secondary N) is 1. The number of hydrogen-bond donors (Lipinski definition) is 1. The van der Waals surface area contributed by atoms with Crippen LogP contribution in [0.2, 0.25) is 0 Å². The van der Waals surface area contributed by atoms with Gasteiger partial charge >= 0.3 is 0 Å². The van der Waals surface area contributed by atoms with Crippen molar-refractivity contribution in [3.05, 3.63) is 29.8 Å². The summed E-state index contributed by atoms with van der Waals surface area (Å²) in [5.74, 6) is 0.334. The molecule has 28 heavy (non-hydrogen) atoms. The summed E-state index contributed by atoms with van der Waals surface area (Å²) in [4.78, 5) is 18.6. The minimum absolute atomic E-state index is 0.0264. The number of benzene rings is 1. The first-order valence-corrected chi connectivity index (χ1v) is 9.84. The SMILES string of the molecule is Cc1noc(-c2ccc(N3CCCC(C(=O)NCC4CCCO4)C3)c(F)c2)n1. The Kier molecular flexibility index (Phi) is 5.57. The lowest BCUT2D eigenvalue weighted by atomic mass is 9.96. The molecule has 0 bridgehead atoms. The zero-order chi connectivity index (χ0) is 19.5. The van der Waals surface area contributed by atoms with Gasteiger partial charge in [-0.25, -0.2) is 4.39 Å². The summed E-state index contributed by atoms with van der Waals surface area (Å²) in [5, 5.41) is 6.74. The van der Waals surface area contributed by atoms with E-state index in [1.54, 1.807) is 19.1 Å². The molecule has 0 saturated carbocycles. The first kappa shape index (κ1) is 18.9. The van der Waals surface area contributed by atoms with Crippen LogP contribution in [0.25, 0.3) is 11.5 Å². The van der Waals surface area contributed by atoms with E-state index >= 15 is 0 Å². The van der Waals surface area contributed by atoms with Crippen molar-refractivity contribution in [2.75, 3.05) is 31.1 Å². The number of aryl methyl sites for hydroxylation is 1. The third kappa shape index (κ3) is 4.16. The minimum Gasteiger partial charge on any atom is -0.376 e. The van der Waals surface area contributed by atoms with E-state index in [1.807, 2.05) is 4.90 Å². The Bertz CT molecular complexity index is 835. The number of piperidine rings is 1. The molecule has 2 aliphatic heterocycles. The number of amides is 1. The molecule has 3 heterocycles. The van der Waals surface area contributed by atoms with Crippen molar-refractivity contribution < 1.29 is 18.4 Å². The normalized spacial score (nSPS) is 22.4. The summed E-state index contributed by atoms with van der Waals surface area (Å²) >= 11 is 0. The fourth-order valence-corrected chi connectivity index (χ4v) is 3.88. The number of carbonyl (C=O) groups is 1. The molecule has 8 heteroatoms. The highest BCUT2D eigenvalue weighted by Gasteiger charge is 2.28. The van der Waals surface area contributed by atoms with Gasteiger partial charge in [0.15, 0.2) is 5.82 Å². The van der Waals surface area contributed by atoms with E-state index in [0.29, 0.717) is 36.1 Å². The maximum absolute atomic E-state index is 14.8. The monoisotopic (exact) mass is 388 g/mol. The van der Waals surface area contributed by atoms with E-state index in [4.69, 9.17) is 9.26 Å². The Morgan fingerprint density at radius 1 is 1.36 bits per heavy atom. The number of nitrogens with zero attached hydrogens (tertiary/aromatic N) is 3. The van der Waals surface area contributed by atoms with Gasteiger partial charge in [0.05, 0.1) is 17.7 Å². The molecule has 1 N–H and O–H groups in total. The molecule has 1 aromatic heterocycles. The van der Waals surface area contributed by atoms with Crippen LogP contribution in [0.3, 0.4) is 0 Å². The number of hydrogen-bond acceptors (Lipinski definition) is 6. The Labute approximate surface area is 163 Å². The molecule has 2 aliphatic rings. The molecule has 1 aromatic carbocycles. The molecule has 2 saturated heterocycles. The molecule has 2 fully saturated rings. The molecule has 2 unspecified atom stereocenters. The first-order chi connectivity index (χ1) is 13.6. The summed E-state index contributed by atoms with van der Waals surface area (Å²) in [5.41, 5.74) is 1.04. The van der Waals surface area contributed by atoms with Crippen LogP contribution in [0.15, 0.2) is 22.7 Å². The lowest BCUT2D eigenvalue weighted by Gasteiger charge is -2.34. The van der Waals surface area contributed by atoms with E-state index < -0.39 is 0 Å². The van der Waals surface area contributed by atoms with Crippen LogP contribution in [-0.2, 0) is 9.53 Å². The van der Waals surface area contributed by atoms with Gasteiger partial charge in [-0.15, -0.1) is 0 Å². The van der Waals surface area contributed by atoms with Gasteiger partial charge in [-0.1, -0.05) is 5.16 Å². The topological polar surface area (TPSA) is 80.5 Å². The van der Waals surface area contributed by atoms with E-state index in [-0.39, 0.29) is 23.7 Å². The minimum atomic E-state index is -0.353. The average Bonchev–Trinajstić information content (AvgIpc) is 3.38. The molecule has 0 radical (unpaired) electrons. The smallest absolute Gasteiger partial charge is 0.258 e. The van der Waals surface area contributed by atoms with Crippen LogP contribution < -0.4 is 10.2 Å². The standard InChI is InChI=1S/C20H25FN4O3/c1-13-23-20(28-24-13)14-6-7-18(17(21)10-14)25-8-2-4-15(12-25)19(26)22-11-16-5-3-9-27-16/h6-7,10,15-16H,2-5,8-9,11-12H2,1H3,(H,22,26). The van der Waals surface area contributed by atoms with Crippen molar-refractivity contribution in [2.24, 2.45) is 5.92 Å². The summed E-state index contributed by atoms with van der Waals surface area (Å²) in [6, 6.07) is 4.90. The summed E-state index contributed by atoms with van der Waals surface area (Å²) in [6.45, 7) is 4.28. The van der Waals surface area contributed by atoms with Gasteiger partial charge in [-0.3, -0.25) is 4.79 Å². The fraction of sp³-hybridized carbons (Fsp3) is 0.550. The number of carbonyl (C=O) groups excluding carboxylic acids is 1. The summed E-state index contributed by atoms with van der Waals surface area (Å²) in [7, 11) is 0.